The van der Waals surface area contributed by atoms with Gasteiger partial charge in [-0.2, -0.15) is 0 Å². The third-order valence-electron chi connectivity index (χ3n) is 2.05. The zero-order chi connectivity index (χ0) is 12.4. The van der Waals surface area contributed by atoms with Crippen molar-refractivity contribution < 1.29 is 0 Å². The number of rotatable bonds is 2. The molecule has 0 aromatic heterocycles. The fraction of sp³-hybridized carbons (Fsp3) is 0. The second kappa shape index (κ2) is 6.24. The van der Waals surface area contributed by atoms with Crippen molar-refractivity contribution in [2.45, 2.75) is 9.79 Å². The summed E-state index contributed by atoms with van der Waals surface area (Å²) in [7, 11) is 0. The molecule has 5 heteroatoms. The molecule has 17 heavy (non-hydrogen) atoms. The van der Waals surface area contributed by atoms with E-state index in [9.17, 15) is 0 Å². The average molecular weight is 502 g/mol. The molecule has 0 atom stereocenters. The maximum atomic E-state index is 3.59. The summed E-state index contributed by atoms with van der Waals surface area (Å²) in [5.74, 6) is 0. The van der Waals surface area contributed by atoms with E-state index in [4.69, 9.17) is 0 Å². The normalized spacial score (nSPS) is 10.6. The first kappa shape index (κ1) is 14.1. The molecule has 0 spiro atoms. The Morgan fingerprint density at radius 1 is 0.647 bits per heavy atom. The first-order chi connectivity index (χ1) is 8.09. The van der Waals surface area contributed by atoms with Crippen molar-refractivity contribution in [2.24, 2.45) is 0 Å². The highest BCUT2D eigenvalue weighted by molar-refractivity contribution is 9.13. The number of hydrogen-bond acceptors (Lipinski definition) is 1. The standard InChI is InChI=1S/C12H6Br4S/c13-7-3-1-5-9(11(7)15)17-10-6-2-4-8(14)12(10)16/h1-6H. The second-order valence-electron chi connectivity index (χ2n) is 3.21. The van der Waals surface area contributed by atoms with Crippen LogP contribution in [0.5, 0.6) is 0 Å². The van der Waals surface area contributed by atoms with Gasteiger partial charge in [0.05, 0.1) is 0 Å². The van der Waals surface area contributed by atoms with Crippen LogP contribution in [0.2, 0.25) is 0 Å². The lowest BCUT2D eigenvalue weighted by Gasteiger charge is -2.08. The Bertz CT molecular complexity index is 505. The molecule has 0 N–H and O–H groups in total. The van der Waals surface area contributed by atoms with Crippen molar-refractivity contribution in [1.29, 1.82) is 0 Å². The van der Waals surface area contributed by atoms with Crippen molar-refractivity contribution in [3.05, 3.63) is 54.3 Å². The van der Waals surface area contributed by atoms with E-state index in [1.54, 1.807) is 11.8 Å². The fourth-order valence-electron chi connectivity index (χ4n) is 1.24. The summed E-state index contributed by atoms with van der Waals surface area (Å²) in [6.07, 6.45) is 0. The molecule has 0 heterocycles. The molecule has 0 radical (unpaired) electrons. The molecule has 0 saturated heterocycles. The van der Waals surface area contributed by atoms with Crippen LogP contribution in [0.1, 0.15) is 0 Å². The maximum Gasteiger partial charge on any atom is 0.0456 e. The van der Waals surface area contributed by atoms with Gasteiger partial charge in [0.1, 0.15) is 0 Å². The van der Waals surface area contributed by atoms with Gasteiger partial charge in [-0.3, -0.25) is 0 Å². The maximum absolute atomic E-state index is 3.59. The second-order valence-corrected chi connectivity index (χ2v) is 7.58. The Morgan fingerprint density at radius 2 is 1.06 bits per heavy atom. The van der Waals surface area contributed by atoms with Crippen molar-refractivity contribution >= 4 is 75.5 Å². The van der Waals surface area contributed by atoms with E-state index in [1.807, 2.05) is 24.3 Å². The van der Waals surface area contributed by atoms with Gasteiger partial charge >= 0.3 is 0 Å². The highest BCUT2D eigenvalue weighted by Crippen LogP contribution is 2.41. The molecule has 0 amide bonds. The van der Waals surface area contributed by atoms with Crippen molar-refractivity contribution in [2.75, 3.05) is 0 Å². The van der Waals surface area contributed by atoms with Crippen molar-refractivity contribution in [1.82, 2.24) is 0 Å². The SMILES string of the molecule is Brc1cccc(Sc2cccc(Br)c2Br)c1Br. The molecule has 0 bridgehead atoms. The van der Waals surface area contributed by atoms with E-state index < -0.39 is 0 Å². The summed E-state index contributed by atoms with van der Waals surface area (Å²) >= 11 is 15.9. The van der Waals surface area contributed by atoms with Crippen LogP contribution in [0.4, 0.5) is 0 Å². The first-order valence-corrected chi connectivity index (χ1v) is 8.64. The molecule has 0 unspecified atom stereocenters. The van der Waals surface area contributed by atoms with Crippen LogP contribution < -0.4 is 0 Å². The Kier molecular flexibility index (Phi) is 5.18. The summed E-state index contributed by atoms with van der Waals surface area (Å²) < 4.78 is 4.29. The third kappa shape index (κ3) is 3.38. The van der Waals surface area contributed by atoms with Gasteiger partial charge in [-0.05, 0) is 88.0 Å². The van der Waals surface area contributed by atoms with Crippen LogP contribution in [0.3, 0.4) is 0 Å². The molecule has 0 aliphatic carbocycles. The van der Waals surface area contributed by atoms with Crippen LogP contribution in [0, 0.1) is 0 Å². The van der Waals surface area contributed by atoms with Gasteiger partial charge in [0.15, 0.2) is 0 Å². The van der Waals surface area contributed by atoms with E-state index in [0.717, 1.165) is 17.9 Å². The van der Waals surface area contributed by atoms with Gasteiger partial charge in [-0.1, -0.05) is 23.9 Å². The van der Waals surface area contributed by atoms with Gasteiger partial charge in [0.2, 0.25) is 0 Å². The van der Waals surface area contributed by atoms with E-state index in [2.05, 4.69) is 75.9 Å². The minimum absolute atomic E-state index is 1.06. The van der Waals surface area contributed by atoms with Crippen LogP contribution >= 0.6 is 75.5 Å². The molecular formula is C12H6Br4S. The Balaban J connectivity index is 2.38. The third-order valence-corrected chi connectivity index (χ3v) is 7.79. The largest absolute Gasteiger partial charge is 0.0876 e. The molecule has 2 aromatic carbocycles. The minimum atomic E-state index is 1.06. The molecule has 0 fully saturated rings. The molecule has 0 saturated carbocycles. The van der Waals surface area contributed by atoms with E-state index >= 15 is 0 Å². The molecule has 0 aliphatic rings. The summed E-state index contributed by atoms with van der Waals surface area (Å²) in [6.45, 7) is 0. The summed E-state index contributed by atoms with van der Waals surface area (Å²) in [4.78, 5) is 2.36. The molecule has 88 valence electrons. The van der Waals surface area contributed by atoms with Gasteiger partial charge in [0.25, 0.3) is 0 Å². The monoisotopic (exact) mass is 498 g/mol. The van der Waals surface area contributed by atoms with Crippen LogP contribution in [-0.4, -0.2) is 0 Å². The first-order valence-electron chi connectivity index (χ1n) is 4.65. The fourth-order valence-corrected chi connectivity index (χ4v) is 4.18. The minimum Gasteiger partial charge on any atom is -0.0876 e. The smallest absolute Gasteiger partial charge is 0.0456 e. The Morgan fingerprint density at radius 3 is 1.47 bits per heavy atom. The van der Waals surface area contributed by atoms with E-state index in [-0.39, 0.29) is 0 Å². The lowest BCUT2D eigenvalue weighted by molar-refractivity contribution is 1.33. The summed E-state index contributed by atoms with van der Waals surface area (Å²) in [5, 5.41) is 0. The van der Waals surface area contributed by atoms with Gasteiger partial charge in [-0.15, -0.1) is 0 Å². The highest BCUT2D eigenvalue weighted by Gasteiger charge is 2.09. The number of benzene rings is 2. The zero-order valence-corrected chi connectivity index (χ0v) is 15.5. The quantitative estimate of drug-likeness (QED) is 0.432. The summed E-state index contributed by atoms with van der Waals surface area (Å²) in [6, 6.07) is 12.3. The zero-order valence-electron chi connectivity index (χ0n) is 8.38. The highest BCUT2D eigenvalue weighted by atomic mass is 79.9. The van der Waals surface area contributed by atoms with Crippen molar-refractivity contribution in [3.8, 4) is 0 Å². The lowest BCUT2D eigenvalue weighted by Crippen LogP contribution is -1.80. The molecule has 2 aromatic rings. The van der Waals surface area contributed by atoms with Crippen LogP contribution in [0.25, 0.3) is 0 Å². The molecule has 0 nitrogen and oxygen atoms in total. The van der Waals surface area contributed by atoms with Gasteiger partial charge in [0, 0.05) is 27.7 Å². The Labute approximate surface area is 138 Å². The number of halogens is 4. The topological polar surface area (TPSA) is 0 Å². The molecule has 0 aliphatic heterocycles. The average Bonchev–Trinajstić information content (AvgIpc) is 2.31. The van der Waals surface area contributed by atoms with Crippen LogP contribution in [-0.2, 0) is 0 Å². The predicted molar refractivity (Wildman–Crippen MR) is 87.8 cm³/mol. The van der Waals surface area contributed by atoms with Gasteiger partial charge in [-0.25, -0.2) is 0 Å². The van der Waals surface area contributed by atoms with Crippen LogP contribution in [0.15, 0.2) is 64.1 Å². The van der Waals surface area contributed by atoms with E-state index in [1.165, 1.54) is 9.79 Å². The molecule has 2 rings (SSSR count). The Hall–Kier alpha value is 0.710. The predicted octanol–water partition coefficient (Wildman–Crippen LogP) is 6.89. The van der Waals surface area contributed by atoms with Gasteiger partial charge < -0.3 is 0 Å². The van der Waals surface area contributed by atoms with E-state index in [0.29, 0.717) is 0 Å². The lowest BCUT2D eigenvalue weighted by atomic mass is 10.4. The number of hydrogen-bond donors (Lipinski definition) is 0. The molecular weight excluding hydrogens is 496 g/mol. The van der Waals surface area contributed by atoms with Crippen molar-refractivity contribution in [3.63, 3.8) is 0 Å². The summed E-state index contributed by atoms with van der Waals surface area (Å²) in [5.41, 5.74) is 0.